The van der Waals surface area contributed by atoms with Crippen LogP contribution in [0, 0.1) is 22.7 Å². The molecule has 14 heteroatoms. The van der Waals surface area contributed by atoms with Crippen molar-refractivity contribution in [3.05, 3.63) is 11.1 Å². The number of hydrogen-bond acceptors (Lipinski definition) is 14. The summed E-state index contributed by atoms with van der Waals surface area (Å²) in [5.74, 6) is -1.86. The number of ether oxygens (including phenoxy) is 7. The Kier molecular flexibility index (Phi) is 6.43. The van der Waals surface area contributed by atoms with Crippen LogP contribution in [-0.4, -0.2) is 123 Å². The van der Waals surface area contributed by atoms with Gasteiger partial charge in [-0.3, -0.25) is 9.59 Å². The molecular formula is C32H42O14. The van der Waals surface area contributed by atoms with Gasteiger partial charge in [0, 0.05) is 11.0 Å². The Hall–Kier alpha value is -2.17. The second-order valence-electron chi connectivity index (χ2n) is 15.5. The minimum Gasteiger partial charge on any atom is -0.458 e. The highest BCUT2D eigenvalue weighted by Gasteiger charge is 3.01. The average Bonchev–Trinajstić information content (AvgIpc) is 3.91. The quantitative estimate of drug-likeness (QED) is 0.154. The van der Waals surface area contributed by atoms with Crippen molar-refractivity contribution in [1.29, 1.82) is 0 Å². The highest BCUT2D eigenvalue weighted by atomic mass is 16.8. The monoisotopic (exact) mass is 650 g/mol. The van der Waals surface area contributed by atoms with E-state index in [9.17, 15) is 34.8 Å². The first-order chi connectivity index (χ1) is 21.6. The molecule has 14 atom stereocenters. The number of esters is 3. The summed E-state index contributed by atoms with van der Waals surface area (Å²) in [4.78, 5) is 39.5. The number of carbonyl (C=O) groups excluding carboxylic acids is 3. The maximum atomic E-state index is 13.8. The van der Waals surface area contributed by atoms with Crippen LogP contribution < -0.4 is 0 Å². The van der Waals surface area contributed by atoms with Gasteiger partial charge in [0.25, 0.3) is 0 Å². The molecule has 8 rings (SSSR count). The molecule has 2 saturated carbocycles. The Morgan fingerprint density at radius 1 is 1.04 bits per heavy atom. The van der Waals surface area contributed by atoms with Gasteiger partial charge in [-0.15, -0.1) is 0 Å². The number of aliphatic hydroxyl groups is 4. The van der Waals surface area contributed by atoms with Crippen molar-refractivity contribution in [2.24, 2.45) is 22.7 Å². The van der Waals surface area contributed by atoms with E-state index in [2.05, 4.69) is 6.92 Å². The number of epoxide rings is 3. The van der Waals surface area contributed by atoms with Crippen LogP contribution in [-0.2, 0) is 47.5 Å². The molecule has 46 heavy (non-hydrogen) atoms. The van der Waals surface area contributed by atoms with Gasteiger partial charge in [-0.05, 0) is 50.5 Å². The van der Waals surface area contributed by atoms with Crippen molar-refractivity contribution >= 4 is 17.9 Å². The Bertz CT molecular complexity index is 1420. The standard InChI is InChI=1S/C32H42O14/c1-12(2)30-22(45-30)23-32(46-23)29(5)7-6-13-14(11-40-24(13)38)15(29)8-17-31(32,44-17)26(30)42-18(34)9-28(3,4)27(39)43-25-21(37)20(36)19(35)16(10-33)41-25/h12,15-17,19-23,25-26,33,35-37H,6-11H2,1-5H3/t15-,16?,17-,19+,20-,21?,22-,23-,25+,26+,29-,30-,31+,32+/m0/s1. The van der Waals surface area contributed by atoms with E-state index in [-0.39, 0.29) is 42.7 Å². The molecule has 14 nitrogen and oxygen atoms in total. The molecule has 6 fully saturated rings. The predicted octanol–water partition coefficient (Wildman–Crippen LogP) is -0.587. The van der Waals surface area contributed by atoms with Crippen LogP contribution >= 0.6 is 0 Å². The van der Waals surface area contributed by atoms with Crippen molar-refractivity contribution < 1.29 is 68.0 Å². The van der Waals surface area contributed by atoms with Gasteiger partial charge in [-0.1, -0.05) is 20.8 Å². The van der Waals surface area contributed by atoms with Crippen LogP contribution in [0.4, 0.5) is 0 Å². The van der Waals surface area contributed by atoms with Gasteiger partial charge in [0.1, 0.15) is 54.4 Å². The third-order valence-electron chi connectivity index (χ3n) is 12.5. The fraction of sp³-hybridized carbons (Fsp3) is 0.844. The highest BCUT2D eigenvalue weighted by Crippen LogP contribution is 2.83. The second-order valence-corrected chi connectivity index (χ2v) is 15.5. The van der Waals surface area contributed by atoms with Crippen LogP contribution in [0.5, 0.6) is 0 Å². The Morgan fingerprint density at radius 3 is 2.48 bits per heavy atom. The van der Waals surface area contributed by atoms with E-state index in [1.807, 2.05) is 13.8 Å². The molecule has 2 spiro atoms. The Labute approximate surface area is 265 Å². The molecule has 4 saturated heterocycles. The van der Waals surface area contributed by atoms with Crippen molar-refractivity contribution in [1.82, 2.24) is 0 Å². The first-order valence-electron chi connectivity index (χ1n) is 16.2. The Morgan fingerprint density at radius 2 is 1.78 bits per heavy atom. The molecule has 0 amide bonds. The third-order valence-corrected chi connectivity index (χ3v) is 12.5. The summed E-state index contributed by atoms with van der Waals surface area (Å²) in [6.07, 6.45) is -8.18. The molecule has 5 aliphatic heterocycles. The molecule has 0 aromatic carbocycles. The summed E-state index contributed by atoms with van der Waals surface area (Å²) in [6, 6.07) is 0. The predicted molar refractivity (Wildman–Crippen MR) is 149 cm³/mol. The van der Waals surface area contributed by atoms with E-state index < -0.39 is 89.4 Å². The average molecular weight is 651 g/mol. The van der Waals surface area contributed by atoms with E-state index in [4.69, 9.17) is 33.2 Å². The lowest BCUT2D eigenvalue weighted by atomic mass is 9.46. The SMILES string of the molecule is CC(C)[C@]12O[C@H]1[C@@H]1O[C@]13[C@]1(O[C@H]1C[C@H]1C4=C(CC[C@@]13C)C(=O)OC4)[C@@H]2OC(=O)CC(C)(C)C(=O)O[C@H]1OC(CO)[C@@H](O)[C@H](O)C1O. The molecule has 4 N–H and O–H groups in total. The molecule has 8 aliphatic rings. The number of carbonyl (C=O) groups is 3. The third kappa shape index (κ3) is 3.62. The van der Waals surface area contributed by atoms with E-state index in [0.29, 0.717) is 19.3 Å². The van der Waals surface area contributed by atoms with Gasteiger partial charge < -0.3 is 53.6 Å². The molecular weight excluding hydrogens is 608 g/mol. The summed E-state index contributed by atoms with van der Waals surface area (Å²) in [6.45, 7) is 8.77. The molecule has 0 aromatic rings. The van der Waals surface area contributed by atoms with E-state index in [1.165, 1.54) is 13.8 Å². The lowest BCUT2D eigenvalue weighted by Crippen LogP contribution is -2.70. The van der Waals surface area contributed by atoms with Gasteiger partial charge in [-0.2, -0.15) is 0 Å². The topological polar surface area (TPSA) is 207 Å². The van der Waals surface area contributed by atoms with Crippen LogP contribution in [0.25, 0.3) is 0 Å². The zero-order valence-corrected chi connectivity index (χ0v) is 26.5. The molecule has 3 aliphatic carbocycles. The van der Waals surface area contributed by atoms with E-state index in [0.717, 1.165) is 11.1 Å². The van der Waals surface area contributed by atoms with Crippen molar-refractivity contribution in [2.45, 2.75) is 132 Å². The summed E-state index contributed by atoms with van der Waals surface area (Å²) in [7, 11) is 0. The van der Waals surface area contributed by atoms with E-state index in [1.54, 1.807) is 0 Å². The Balaban J connectivity index is 1.04. The molecule has 254 valence electrons. The summed E-state index contributed by atoms with van der Waals surface area (Å²) < 4.78 is 42.2. The van der Waals surface area contributed by atoms with Crippen LogP contribution in [0.15, 0.2) is 11.1 Å². The van der Waals surface area contributed by atoms with Gasteiger partial charge in [0.2, 0.25) is 6.29 Å². The molecule has 2 unspecified atom stereocenters. The van der Waals surface area contributed by atoms with Crippen LogP contribution in [0.1, 0.15) is 60.3 Å². The van der Waals surface area contributed by atoms with Gasteiger partial charge in [0.05, 0.1) is 24.5 Å². The van der Waals surface area contributed by atoms with Crippen LogP contribution in [0.3, 0.4) is 0 Å². The molecule has 0 aromatic heterocycles. The number of cyclic esters (lactones) is 1. The maximum absolute atomic E-state index is 13.8. The van der Waals surface area contributed by atoms with Crippen molar-refractivity contribution in [3.63, 3.8) is 0 Å². The first-order valence-corrected chi connectivity index (χ1v) is 16.2. The zero-order valence-electron chi connectivity index (χ0n) is 26.5. The fourth-order valence-electron chi connectivity index (χ4n) is 9.88. The zero-order chi connectivity index (χ0) is 32.9. The highest BCUT2D eigenvalue weighted by molar-refractivity contribution is 5.92. The minimum atomic E-state index is -1.77. The number of rotatable bonds is 7. The smallest absolute Gasteiger partial charge is 0.334 e. The van der Waals surface area contributed by atoms with Crippen molar-refractivity contribution in [2.75, 3.05) is 13.2 Å². The molecule has 5 heterocycles. The maximum Gasteiger partial charge on any atom is 0.334 e. The minimum absolute atomic E-state index is 0.0195. The van der Waals surface area contributed by atoms with Crippen molar-refractivity contribution in [3.8, 4) is 0 Å². The lowest BCUT2D eigenvalue weighted by Gasteiger charge is -2.53. The summed E-state index contributed by atoms with van der Waals surface area (Å²) in [5, 5.41) is 39.9. The number of fused-ring (bicyclic) bond motifs is 4. The largest absolute Gasteiger partial charge is 0.458 e. The summed E-state index contributed by atoms with van der Waals surface area (Å²) >= 11 is 0. The summed E-state index contributed by atoms with van der Waals surface area (Å²) in [5.41, 5.74) is -2.63. The molecule has 0 radical (unpaired) electrons. The number of aliphatic hydroxyl groups excluding tert-OH is 4. The van der Waals surface area contributed by atoms with E-state index >= 15 is 0 Å². The lowest BCUT2D eigenvalue weighted by molar-refractivity contribution is -0.295. The fourth-order valence-corrected chi connectivity index (χ4v) is 9.88. The second kappa shape index (κ2) is 9.50. The van der Waals surface area contributed by atoms with Gasteiger partial charge in [0.15, 0.2) is 11.7 Å². The van der Waals surface area contributed by atoms with Crippen LogP contribution in [0.2, 0.25) is 0 Å². The number of hydrogen-bond donors (Lipinski definition) is 4. The first kappa shape index (κ1) is 31.1. The molecule has 0 bridgehead atoms. The normalized spacial score (nSPS) is 51.0. The van der Waals surface area contributed by atoms with Gasteiger partial charge >= 0.3 is 17.9 Å². The van der Waals surface area contributed by atoms with Gasteiger partial charge in [-0.25, -0.2) is 4.79 Å².